The lowest BCUT2D eigenvalue weighted by Gasteiger charge is -2.23. The van der Waals surface area contributed by atoms with E-state index in [0.717, 1.165) is 5.56 Å². The van der Waals surface area contributed by atoms with Crippen LogP contribution < -0.4 is 21.7 Å². The highest BCUT2D eigenvalue weighted by atomic mass is 32.1. The number of aliphatic carboxylic acids is 1. The Morgan fingerprint density at radius 2 is 1.53 bits per heavy atom. The molecule has 0 fully saturated rings. The summed E-state index contributed by atoms with van der Waals surface area (Å²) in [5.41, 5.74) is 6.23. The number of carbonyl (C=O) groups is 4. The minimum atomic E-state index is -1.22. The number of carboxylic acids is 1. The molecule has 0 radical (unpaired) electrons. The average Bonchev–Trinajstić information content (AvgIpc) is 2.70. The normalized spacial score (nSPS) is 15.8. The van der Waals surface area contributed by atoms with Crippen LogP contribution in [-0.4, -0.2) is 69.9 Å². The fourth-order valence-electron chi connectivity index (χ4n) is 2.41. The van der Waals surface area contributed by atoms with E-state index in [9.17, 15) is 29.4 Å². The molecule has 0 saturated heterocycles. The topological polar surface area (TPSA) is 171 Å². The van der Waals surface area contributed by atoms with Crippen LogP contribution in [0.3, 0.4) is 0 Å². The molecule has 0 saturated carbocycles. The van der Waals surface area contributed by atoms with Gasteiger partial charge in [-0.05, 0) is 19.4 Å². The highest BCUT2D eigenvalue weighted by Crippen LogP contribution is 2.04. The first-order valence-electron chi connectivity index (χ1n) is 9.29. The molecule has 0 heterocycles. The zero-order valence-corrected chi connectivity index (χ0v) is 17.6. The molecule has 1 rings (SSSR count). The van der Waals surface area contributed by atoms with Crippen LogP contribution in [0.1, 0.15) is 19.4 Å². The van der Waals surface area contributed by atoms with E-state index in [1.54, 1.807) is 30.3 Å². The van der Waals surface area contributed by atoms with Gasteiger partial charge in [0, 0.05) is 12.2 Å². The van der Waals surface area contributed by atoms with Crippen molar-refractivity contribution < 1.29 is 29.4 Å². The molecule has 0 aliphatic rings. The number of carbonyl (C=O) groups excluding carboxylic acids is 3. The number of hydrogen-bond donors (Lipinski definition) is 7. The Hall–Kier alpha value is -2.63. The van der Waals surface area contributed by atoms with E-state index in [1.807, 2.05) is 0 Å². The Kier molecular flexibility index (Phi) is 10.3. The molecule has 30 heavy (non-hydrogen) atoms. The predicted molar refractivity (Wildman–Crippen MR) is 113 cm³/mol. The third kappa shape index (κ3) is 8.01. The Labute approximate surface area is 180 Å². The summed E-state index contributed by atoms with van der Waals surface area (Å²) in [5.74, 6) is -3.45. The molecular formula is C19H28N4O6S. The molecule has 3 amide bonds. The summed E-state index contributed by atoms with van der Waals surface area (Å²) < 4.78 is 0. The van der Waals surface area contributed by atoms with Gasteiger partial charge in [-0.1, -0.05) is 30.3 Å². The minimum Gasteiger partial charge on any atom is -0.480 e. The van der Waals surface area contributed by atoms with Gasteiger partial charge in [-0.15, -0.1) is 0 Å². The van der Waals surface area contributed by atoms with Gasteiger partial charge in [0.05, 0.1) is 6.10 Å². The average molecular weight is 441 g/mol. The standard InChI is InChI=1S/C19H28N4O6S/c1-10(21-18(27)15(20)11(2)24)16(25)23-14(9-30)17(26)22-13(19(28)29)8-12-6-4-3-5-7-12/h3-7,10-11,13-15,24,30H,8-9,20H2,1-2H3,(H,21,27)(H,22,26)(H,23,25)(H,28,29). The first kappa shape index (κ1) is 25.4. The lowest BCUT2D eigenvalue weighted by atomic mass is 10.1. The number of benzene rings is 1. The van der Waals surface area contributed by atoms with Gasteiger partial charge in [-0.2, -0.15) is 12.6 Å². The van der Waals surface area contributed by atoms with Crippen LogP contribution >= 0.6 is 12.6 Å². The molecule has 11 heteroatoms. The van der Waals surface area contributed by atoms with E-state index >= 15 is 0 Å². The Balaban J connectivity index is 2.70. The largest absolute Gasteiger partial charge is 0.480 e. The summed E-state index contributed by atoms with van der Waals surface area (Å²) >= 11 is 4.04. The van der Waals surface area contributed by atoms with E-state index in [1.165, 1.54) is 13.8 Å². The quantitative estimate of drug-likeness (QED) is 0.204. The SMILES string of the molecule is CC(NC(=O)C(N)C(C)O)C(=O)NC(CS)C(=O)NC(Cc1ccccc1)C(=O)O. The van der Waals surface area contributed by atoms with Gasteiger partial charge in [0.15, 0.2) is 0 Å². The molecule has 1 aromatic rings. The van der Waals surface area contributed by atoms with Crippen LogP contribution in [0.2, 0.25) is 0 Å². The van der Waals surface area contributed by atoms with Crippen molar-refractivity contribution >= 4 is 36.3 Å². The number of nitrogens with one attached hydrogen (secondary N) is 3. The Morgan fingerprint density at radius 3 is 2.03 bits per heavy atom. The van der Waals surface area contributed by atoms with Gasteiger partial charge in [-0.3, -0.25) is 14.4 Å². The van der Waals surface area contributed by atoms with Gasteiger partial charge in [0.2, 0.25) is 17.7 Å². The summed E-state index contributed by atoms with van der Waals surface area (Å²) in [6.45, 7) is 2.72. The first-order chi connectivity index (χ1) is 14.1. The minimum absolute atomic E-state index is 0.0683. The van der Waals surface area contributed by atoms with Crippen molar-refractivity contribution in [1.82, 2.24) is 16.0 Å². The van der Waals surface area contributed by atoms with E-state index in [0.29, 0.717) is 0 Å². The number of thiol groups is 1. The molecule has 7 N–H and O–H groups in total. The molecule has 166 valence electrons. The smallest absolute Gasteiger partial charge is 0.326 e. The van der Waals surface area contributed by atoms with Crippen molar-refractivity contribution in [2.24, 2.45) is 5.73 Å². The fourth-order valence-corrected chi connectivity index (χ4v) is 2.66. The van der Waals surface area contributed by atoms with Gasteiger partial charge >= 0.3 is 5.97 Å². The molecule has 10 nitrogen and oxygen atoms in total. The maximum Gasteiger partial charge on any atom is 0.326 e. The number of hydrogen-bond acceptors (Lipinski definition) is 7. The lowest BCUT2D eigenvalue weighted by molar-refractivity contribution is -0.142. The van der Waals surface area contributed by atoms with E-state index in [4.69, 9.17) is 5.73 Å². The van der Waals surface area contributed by atoms with Crippen LogP contribution in [-0.2, 0) is 25.6 Å². The van der Waals surface area contributed by atoms with Gasteiger partial charge < -0.3 is 31.9 Å². The zero-order valence-electron chi connectivity index (χ0n) is 16.7. The van der Waals surface area contributed by atoms with Gasteiger partial charge in [0.1, 0.15) is 24.2 Å². The maximum atomic E-state index is 12.5. The van der Waals surface area contributed by atoms with E-state index < -0.39 is 54.0 Å². The van der Waals surface area contributed by atoms with Crippen molar-refractivity contribution in [3.05, 3.63) is 35.9 Å². The highest BCUT2D eigenvalue weighted by Gasteiger charge is 2.28. The van der Waals surface area contributed by atoms with Crippen LogP contribution in [0.5, 0.6) is 0 Å². The first-order valence-corrected chi connectivity index (χ1v) is 9.92. The molecular weight excluding hydrogens is 412 g/mol. The monoisotopic (exact) mass is 440 g/mol. The molecule has 0 aliphatic carbocycles. The van der Waals surface area contributed by atoms with Crippen LogP contribution in [0, 0.1) is 0 Å². The number of rotatable bonds is 11. The number of amides is 3. The summed E-state index contributed by atoms with van der Waals surface area (Å²) in [5, 5.41) is 25.9. The summed E-state index contributed by atoms with van der Waals surface area (Å²) in [4.78, 5) is 48.1. The molecule has 0 aliphatic heterocycles. The molecule has 5 unspecified atom stereocenters. The summed E-state index contributed by atoms with van der Waals surface area (Å²) in [6, 6.07) is 4.21. The second kappa shape index (κ2) is 12.2. The number of aliphatic hydroxyl groups is 1. The number of carboxylic acid groups (broad SMARTS) is 1. The molecule has 0 spiro atoms. The van der Waals surface area contributed by atoms with Crippen molar-refractivity contribution in [3.63, 3.8) is 0 Å². The van der Waals surface area contributed by atoms with Crippen molar-refractivity contribution in [1.29, 1.82) is 0 Å². The third-order valence-electron chi connectivity index (χ3n) is 4.29. The van der Waals surface area contributed by atoms with Crippen LogP contribution in [0.15, 0.2) is 30.3 Å². The van der Waals surface area contributed by atoms with Crippen molar-refractivity contribution in [2.75, 3.05) is 5.75 Å². The molecule has 0 aromatic heterocycles. The van der Waals surface area contributed by atoms with Gasteiger partial charge in [0.25, 0.3) is 0 Å². The fraction of sp³-hybridized carbons (Fsp3) is 0.474. The van der Waals surface area contributed by atoms with Crippen molar-refractivity contribution in [3.8, 4) is 0 Å². The van der Waals surface area contributed by atoms with E-state index in [-0.39, 0.29) is 12.2 Å². The lowest BCUT2D eigenvalue weighted by Crippen LogP contribution is -2.58. The maximum absolute atomic E-state index is 12.5. The van der Waals surface area contributed by atoms with E-state index in [2.05, 4.69) is 28.6 Å². The number of nitrogens with two attached hydrogens (primary N) is 1. The third-order valence-corrected chi connectivity index (χ3v) is 4.65. The van der Waals surface area contributed by atoms with Crippen molar-refractivity contribution in [2.45, 2.75) is 50.5 Å². The van der Waals surface area contributed by atoms with Gasteiger partial charge in [-0.25, -0.2) is 4.79 Å². The number of aliphatic hydroxyl groups excluding tert-OH is 1. The summed E-state index contributed by atoms with van der Waals surface area (Å²) in [7, 11) is 0. The molecule has 0 bridgehead atoms. The molecule has 1 aromatic carbocycles. The second-order valence-corrected chi connectivity index (χ2v) is 7.19. The Bertz CT molecular complexity index is 746. The predicted octanol–water partition coefficient (Wildman–Crippen LogP) is -1.57. The molecule has 5 atom stereocenters. The zero-order chi connectivity index (χ0) is 22.8. The van der Waals surface area contributed by atoms with Crippen LogP contribution in [0.4, 0.5) is 0 Å². The second-order valence-electron chi connectivity index (χ2n) is 6.83. The Morgan fingerprint density at radius 1 is 0.967 bits per heavy atom. The van der Waals surface area contributed by atoms with Crippen LogP contribution in [0.25, 0.3) is 0 Å². The summed E-state index contributed by atoms with van der Waals surface area (Å²) in [6.07, 6.45) is -1.03. The highest BCUT2D eigenvalue weighted by molar-refractivity contribution is 7.80.